The predicted octanol–water partition coefficient (Wildman–Crippen LogP) is 0.531. The number of nitrogens with zero attached hydrogens (tertiary/aromatic N) is 1. The van der Waals surface area contributed by atoms with Crippen LogP contribution in [-0.4, -0.2) is 49.8 Å². The molecule has 0 unspecified atom stereocenters. The van der Waals surface area contributed by atoms with Crippen LogP contribution in [0.1, 0.15) is 23.7 Å². The molecular weight excluding hydrogens is 296 g/mol. The summed E-state index contributed by atoms with van der Waals surface area (Å²) in [6, 6.07) is 5.36. The van der Waals surface area contributed by atoms with Crippen LogP contribution in [-0.2, 0) is 14.8 Å². The molecule has 2 N–H and O–H groups in total. The molecule has 1 amide bonds. The van der Waals surface area contributed by atoms with Gasteiger partial charge < -0.3 is 10.4 Å². The van der Waals surface area contributed by atoms with Crippen molar-refractivity contribution in [1.82, 2.24) is 9.62 Å². The standard InChI is InChI=1S/C13H18N2O5S/c1-3-8-15(9-12(16)17)21(19,20)11-6-4-10(5-7-11)13(18)14-2/h4-7H,3,8-9H2,1-2H3,(H,14,18)(H,16,17). The first kappa shape index (κ1) is 17.1. The van der Waals surface area contributed by atoms with E-state index in [0.717, 1.165) is 4.31 Å². The largest absolute Gasteiger partial charge is 0.480 e. The second kappa shape index (κ2) is 7.19. The summed E-state index contributed by atoms with van der Waals surface area (Å²) >= 11 is 0. The number of carbonyl (C=O) groups is 2. The monoisotopic (exact) mass is 314 g/mol. The molecule has 0 spiro atoms. The molecule has 7 nitrogen and oxygen atoms in total. The van der Waals surface area contributed by atoms with Crippen LogP contribution >= 0.6 is 0 Å². The third-order valence-electron chi connectivity index (χ3n) is 2.77. The Morgan fingerprint density at radius 2 is 1.81 bits per heavy atom. The van der Waals surface area contributed by atoms with E-state index in [4.69, 9.17) is 5.11 Å². The molecule has 0 fully saturated rings. The fraction of sp³-hybridized carbons (Fsp3) is 0.385. The molecule has 116 valence electrons. The van der Waals surface area contributed by atoms with Gasteiger partial charge in [-0.05, 0) is 30.7 Å². The van der Waals surface area contributed by atoms with E-state index in [0.29, 0.717) is 12.0 Å². The van der Waals surface area contributed by atoms with E-state index >= 15 is 0 Å². The van der Waals surface area contributed by atoms with Crippen LogP contribution in [0.5, 0.6) is 0 Å². The van der Waals surface area contributed by atoms with Crippen molar-refractivity contribution in [3.05, 3.63) is 29.8 Å². The smallest absolute Gasteiger partial charge is 0.318 e. The lowest BCUT2D eigenvalue weighted by atomic mass is 10.2. The summed E-state index contributed by atoms with van der Waals surface area (Å²) in [6.07, 6.45) is 0.503. The van der Waals surface area contributed by atoms with Crippen LogP contribution in [0.3, 0.4) is 0 Å². The second-order valence-electron chi connectivity index (χ2n) is 4.34. The molecule has 0 bridgehead atoms. The fourth-order valence-electron chi connectivity index (χ4n) is 1.76. The Kier molecular flexibility index (Phi) is 5.86. The number of carbonyl (C=O) groups excluding carboxylic acids is 1. The summed E-state index contributed by atoms with van der Waals surface area (Å²) in [5.74, 6) is -1.54. The van der Waals surface area contributed by atoms with Gasteiger partial charge in [-0.15, -0.1) is 0 Å². The van der Waals surface area contributed by atoms with Gasteiger partial charge in [0.2, 0.25) is 10.0 Å². The van der Waals surface area contributed by atoms with Gasteiger partial charge in [-0.2, -0.15) is 4.31 Å². The van der Waals surface area contributed by atoms with E-state index in [9.17, 15) is 18.0 Å². The number of carboxylic acid groups (broad SMARTS) is 1. The maximum absolute atomic E-state index is 12.4. The minimum Gasteiger partial charge on any atom is -0.480 e. The highest BCUT2D eigenvalue weighted by molar-refractivity contribution is 7.89. The van der Waals surface area contributed by atoms with E-state index < -0.39 is 22.5 Å². The molecule has 0 aliphatic heterocycles. The van der Waals surface area contributed by atoms with E-state index in [2.05, 4.69) is 5.32 Å². The predicted molar refractivity (Wildman–Crippen MR) is 76.5 cm³/mol. The zero-order valence-corrected chi connectivity index (χ0v) is 12.7. The van der Waals surface area contributed by atoms with Crippen molar-refractivity contribution in [1.29, 1.82) is 0 Å². The summed E-state index contributed by atoms with van der Waals surface area (Å²) in [6.45, 7) is 1.29. The van der Waals surface area contributed by atoms with Crippen LogP contribution in [0.2, 0.25) is 0 Å². The molecule has 1 rings (SSSR count). The first-order valence-corrected chi connectivity index (χ1v) is 7.81. The Bertz CT molecular complexity index is 610. The molecule has 1 aromatic rings. The van der Waals surface area contributed by atoms with E-state index in [-0.39, 0.29) is 17.3 Å². The normalized spacial score (nSPS) is 11.4. The van der Waals surface area contributed by atoms with Gasteiger partial charge in [0.15, 0.2) is 0 Å². The zero-order chi connectivity index (χ0) is 16.0. The highest BCUT2D eigenvalue weighted by Crippen LogP contribution is 2.16. The van der Waals surface area contributed by atoms with Crippen molar-refractivity contribution in [2.24, 2.45) is 0 Å². The number of aliphatic carboxylic acids is 1. The molecule has 0 saturated heterocycles. The molecule has 0 saturated carbocycles. The Balaban J connectivity index is 3.10. The van der Waals surface area contributed by atoms with Gasteiger partial charge >= 0.3 is 5.97 Å². The topological polar surface area (TPSA) is 104 Å². The number of hydrogen-bond donors (Lipinski definition) is 2. The Hall–Kier alpha value is -1.93. The molecule has 0 heterocycles. The highest BCUT2D eigenvalue weighted by Gasteiger charge is 2.25. The van der Waals surface area contributed by atoms with Crippen molar-refractivity contribution in [2.75, 3.05) is 20.1 Å². The number of amides is 1. The van der Waals surface area contributed by atoms with Crippen molar-refractivity contribution in [3.8, 4) is 0 Å². The van der Waals surface area contributed by atoms with Crippen LogP contribution in [0.15, 0.2) is 29.2 Å². The Labute approximate surface area is 123 Å². The van der Waals surface area contributed by atoms with Crippen molar-refractivity contribution in [2.45, 2.75) is 18.2 Å². The Morgan fingerprint density at radius 3 is 2.24 bits per heavy atom. The second-order valence-corrected chi connectivity index (χ2v) is 6.27. The third kappa shape index (κ3) is 4.27. The maximum atomic E-state index is 12.4. The lowest BCUT2D eigenvalue weighted by Gasteiger charge is -2.19. The van der Waals surface area contributed by atoms with Crippen molar-refractivity contribution >= 4 is 21.9 Å². The number of rotatable bonds is 7. The van der Waals surface area contributed by atoms with Crippen molar-refractivity contribution < 1.29 is 23.1 Å². The van der Waals surface area contributed by atoms with Crippen LogP contribution < -0.4 is 5.32 Å². The number of nitrogens with one attached hydrogen (secondary N) is 1. The van der Waals surface area contributed by atoms with Crippen molar-refractivity contribution in [3.63, 3.8) is 0 Å². The number of benzene rings is 1. The van der Waals surface area contributed by atoms with Gasteiger partial charge in [0.25, 0.3) is 5.91 Å². The average molecular weight is 314 g/mol. The molecule has 0 aliphatic rings. The lowest BCUT2D eigenvalue weighted by molar-refractivity contribution is -0.137. The summed E-state index contributed by atoms with van der Waals surface area (Å²) in [5.41, 5.74) is 0.330. The summed E-state index contributed by atoms with van der Waals surface area (Å²) in [4.78, 5) is 22.2. The first-order valence-electron chi connectivity index (χ1n) is 6.37. The van der Waals surface area contributed by atoms with Gasteiger partial charge in [-0.1, -0.05) is 6.92 Å². The fourth-order valence-corrected chi connectivity index (χ4v) is 3.24. The lowest BCUT2D eigenvalue weighted by Crippen LogP contribution is -2.36. The summed E-state index contributed by atoms with van der Waals surface area (Å²) in [5, 5.41) is 11.2. The molecule has 0 atom stereocenters. The van der Waals surface area contributed by atoms with Gasteiger partial charge in [0, 0.05) is 19.2 Å². The third-order valence-corrected chi connectivity index (χ3v) is 4.63. The molecule has 1 aromatic carbocycles. The molecule has 0 radical (unpaired) electrons. The first-order chi connectivity index (χ1) is 9.82. The van der Waals surface area contributed by atoms with Gasteiger partial charge in [0.05, 0.1) is 4.90 Å². The number of hydrogen-bond acceptors (Lipinski definition) is 4. The van der Waals surface area contributed by atoms with Crippen LogP contribution in [0, 0.1) is 0 Å². The molecule has 0 aliphatic carbocycles. The minimum atomic E-state index is -3.89. The summed E-state index contributed by atoms with van der Waals surface area (Å²) < 4.78 is 25.6. The Morgan fingerprint density at radius 1 is 1.24 bits per heavy atom. The van der Waals surface area contributed by atoms with E-state index in [1.165, 1.54) is 31.3 Å². The number of sulfonamides is 1. The quantitative estimate of drug-likeness (QED) is 0.764. The van der Waals surface area contributed by atoms with Gasteiger partial charge in [-0.3, -0.25) is 9.59 Å². The molecule has 8 heteroatoms. The van der Waals surface area contributed by atoms with E-state index in [1.807, 2.05) is 0 Å². The minimum absolute atomic E-state index is 0.0372. The van der Waals surface area contributed by atoms with Crippen LogP contribution in [0.25, 0.3) is 0 Å². The van der Waals surface area contributed by atoms with Gasteiger partial charge in [0.1, 0.15) is 6.54 Å². The average Bonchev–Trinajstić information content (AvgIpc) is 2.45. The molecular formula is C13H18N2O5S. The van der Waals surface area contributed by atoms with Gasteiger partial charge in [-0.25, -0.2) is 8.42 Å². The maximum Gasteiger partial charge on any atom is 0.318 e. The zero-order valence-electron chi connectivity index (χ0n) is 11.9. The number of carboxylic acids is 1. The SMILES string of the molecule is CCCN(CC(=O)O)S(=O)(=O)c1ccc(C(=O)NC)cc1. The summed E-state index contributed by atoms with van der Waals surface area (Å²) in [7, 11) is -2.41. The molecule has 0 aromatic heterocycles. The molecule has 21 heavy (non-hydrogen) atoms. The highest BCUT2D eigenvalue weighted by atomic mass is 32.2. The van der Waals surface area contributed by atoms with Crippen LogP contribution in [0.4, 0.5) is 0 Å². The van der Waals surface area contributed by atoms with E-state index in [1.54, 1.807) is 6.92 Å².